The van der Waals surface area contributed by atoms with Crippen molar-refractivity contribution in [2.45, 2.75) is 51.0 Å². The third-order valence-electron chi connectivity index (χ3n) is 4.91. The largest absolute Gasteiger partial charge is 0.478 e. The van der Waals surface area contributed by atoms with Gasteiger partial charge in [-0.05, 0) is 56.9 Å². The SMILES string of the molecule is Cc1ccc(S(=O)(=O)OCCc2ccc(C[C@@H](C)C3=NC(C)(C)CO3)cc2)cc1. The van der Waals surface area contributed by atoms with Crippen molar-refractivity contribution in [3.8, 4) is 0 Å². The molecule has 6 heteroatoms. The van der Waals surface area contributed by atoms with Crippen LogP contribution in [0.2, 0.25) is 0 Å². The van der Waals surface area contributed by atoms with Gasteiger partial charge in [-0.15, -0.1) is 0 Å². The Balaban J connectivity index is 1.51. The van der Waals surface area contributed by atoms with Crippen LogP contribution in [0, 0.1) is 12.8 Å². The van der Waals surface area contributed by atoms with E-state index >= 15 is 0 Å². The minimum Gasteiger partial charge on any atom is -0.478 e. The summed E-state index contributed by atoms with van der Waals surface area (Å²) in [5, 5.41) is 0. The van der Waals surface area contributed by atoms with E-state index in [-0.39, 0.29) is 23.0 Å². The first-order chi connectivity index (χ1) is 13.6. The first kappa shape index (κ1) is 21.5. The maximum Gasteiger partial charge on any atom is 0.296 e. The third-order valence-corrected chi connectivity index (χ3v) is 6.24. The van der Waals surface area contributed by atoms with E-state index in [2.05, 4.69) is 37.9 Å². The fourth-order valence-electron chi connectivity index (χ4n) is 3.19. The predicted molar refractivity (Wildman–Crippen MR) is 115 cm³/mol. The molecule has 2 aromatic carbocycles. The summed E-state index contributed by atoms with van der Waals surface area (Å²) in [7, 11) is -3.72. The van der Waals surface area contributed by atoms with Crippen LogP contribution in [0.5, 0.6) is 0 Å². The van der Waals surface area contributed by atoms with E-state index in [4.69, 9.17) is 8.92 Å². The Kier molecular flexibility index (Phi) is 6.44. The standard InChI is InChI=1S/C23H29NO4S/c1-17-5-11-21(12-6-17)29(25,26)28-14-13-19-7-9-20(10-8-19)15-18(2)22-24-23(3,4)16-27-22/h5-12,18H,13-16H2,1-4H3/t18-/m1/s1. The van der Waals surface area contributed by atoms with Gasteiger partial charge in [-0.25, -0.2) is 4.99 Å². The Bertz CT molecular complexity index is 961. The summed E-state index contributed by atoms with van der Waals surface area (Å²) in [6, 6.07) is 14.8. The number of hydrogen-bond donors (Lipinski definition) is 0. The maximum atomic E-state index is 12.2. The van der Waals surface area contributed by atoms with Crippen molar-refractivity contribution in [2.24, 2.45) is 10.9 Å². The lowest BCUT2D eigenvalue weighted by molar-refractivity contribution is 0.266. The quantitative estimate of drug-likeness (QED) is 0.602. The van der Waals surface area contributed by atoms with E-state index in [0.29, 0.717) is 13.0 Å². The molecule has 3 rings (SSSR count). The van der Waals surface area contributed by atoms with Crippen molar-refractivity contribution < 1.29 is 17.3 Å². The number of aryl methyl sites for hydroxylation is 1. The molecule has 1 atom stereocenters. The van der Waals surface area contributed by atoms with E-state index in [1.165, 1.54) is 5.56 Å². The second kappa shape index (κ2) is 8.67. The van der Waals surface area contributed by atoms with Gasteiger partial charge in [0.15, 0.2) is 5.90 Å². The molecule has 0 unspecified atom stereocenters. The highest BCUT2D eigenvalue weighted by atomic mass is 32.2. The molecule has 1 aliphatic rings. The van der Waals surface area contributed by atoms with Crippen LogP contribution in [0.1, 0.15) is 37.5 Å². The highest BCUT2D eigenvalue weighted by Crippen LogP contribution is 2.22. The summed E-state index contributed by atoms with van der Waals surface area (Å²) >= 11 is 0. The van der Waals surface area contributed by atoms with Gasteiger partial charge < -0.3 is 4.74 Å². The molecule has 0 saturated heterocycles. The van der Waals surface area contributed by atoms with Gasteiger partial charge in [0.1, 0.15) is 6.61 Å². The van der Waals surface area contributed by atoms with Crippen molar-refractivity contribution in [3.05, 3.63) is 65.2 Å². The summed E-state index contributed by atoms with van der Waals surface area (Å²) in [5.41, 5.74) is 3.11. The summed E-state index contributed by atoms with van der Waals surface area (Å²) in [4.78, 5) is 4.84. The molecular weight excluding hydrogens is 386 g/mol. The third kappa shape index (κ3) is 5.90. The molecule has 0 N–H and O–H groups in total. The summed E-state index contributed by atoms with van der Waals surface area (Å²) < 4.78 is 35.4. The Hall–Kier alpha value is -2.18. The molecule has 0 spiro atoms. The number of nitrogens with zero attached hydrogens (tertiary/aromatic N) is 1. The number of ether oxygens (including phenoxy) is 1. The lowest BCUT2D eigenvalue weighted by Crippen LogP contribution is -2.17. The van der Waals surface area contributed by atoms with Gasteiger partial charge in [-0.1, -0.05) is 48.9 Å². The van der Waals surface area contributed by atoms with Gasteiger partial charge in [0, 0.05) is 5.92 Å². The topological polar surface area (TPSA) is 65.0 Å². The second-order valence-corrected chi connectivity index (χ2v) is 9.93. The Morgan fingerprint density at radius 1 is 1.07 bits per heavy atom. The van der Waals surface area contributed by atoms with Crippen LogP contribution >= 0.6 is 0 Å². The van der Waals surface area contributed by atoms with Crippen LogP contribution in [0.3, 0.4) is 0 Å². The molecule has 5 nitrogen and oxygen atoms in total. The molecule has 1 heterocycles. The minimum absolute atomic E-state index is 0.117. The molecule has 0 amide bonds. The summed E-state index contributed by atoms with van der Waals surface area (Å²) in [6.07, 6.45) is 1.39. The minimum atomic E-state index is -3.72. The van der Waals surface area contributed by atoms with Crippen molar-refractivity contribution in [1.29, 1.82) is 0 Å². The zero-order valence-electron chi connectivity index (χ0n) is 17.5. The van der Waals surface area contributed by atoms with E-state index in [9.17, 15) is 8.42 Å². The molecule has 0 fully saturated rings. The van der Waals surface area contributed by atoms with Crippen LogP contribution in [-0.4, -0.2) is 33.1 Å². The van der Waals surface area contributed by atoms with E-state index in [1.54, 1.807) is 24.3 Å². The molecule has 0 aliphatic carbocycles. The summed E-state index contributed by atoms with van der Waals surface area (Å²) in [5.74, 6) is 1.05. The van der Waals surface area contributed by atoms with Gasteiger partial charge in [0.25, 0.3) is 10.1 Å². The highest BCUT2D eigenvalue weighted by molar-refractivity contribution is 7.86. The lowest BCUT2D eigenvalue weighted by atomic mass is 9.99. The zero-order valence-corrected chi connectivity index (χ0v) is 18.3. The number of rotatable bonds is 8. The van der Waals surface area contributed by atoms with Crippen LogP contribution < -0.4 is 0 Å². The number of aliphatic imine (C=N–C) groups is 1. The number of benzene rings is 2. The molecular formula is C23H29NO4S. The normalized spacial score (nSPS) is 16.9. The van der Waals surface area contributed by atoms with Gasteiger partial charge in [-0.2, -0.15) is 8.42 Å². The van der Waals surface area contributed by atoms with Crippen molar-refractivity contribution >= 4 is 16.0 Å². The smallest absolute Gasteiger partial charge is 0.296 e. The molecule has 0 radical (unpaired) electrons. The van der Waals surface area contributed by atoms with Crippen LogP contribution in [-0.2, 0) is 31.9 Å². The average Bonchev–Trinajstić information content (AvgIpc) is 3.03. The lowest BCUT2D eigenvalue weighted by Gasteiger charge is -2.12. The van der Waals surface area contributed by atoms with E-state index < -0.39 is 10.1 Å². The monoisotopic (exact) mass is 415 g/mol. The average molecular weight is 416 g/mol. The Morgan fingerprint density at radius 2 is 1.69 bits per heavy atom. The van der Waals surface area contributed by atoms with Crippen molar-refractivity contribution in [3.63, 3.8) is 0 Å². The molecule has 0 saturated carbocycles. The van der Waals surface area contributed by atoms with Crippen LogP contribution in [0.15, 0.2) is 58.4 Å². The zero-order chi connectivity index (χ0) is 21.1. The second-order valence-electron chi connectivity index (χ2n) is 8.31. The van der Waals surface area contributed by atoms with Gasteiger partial charge in [-0.3, -0.25) is 4.18 Å². The van der Waals surface area contributed by atoms with Crippen molar-refractivity contribution in [2.75, 3.05) is 13.2 Å². The Morgan fingerprint density at radius 3 is 2.28 bits per heavy atom. The number of hydrogen-bond acceptors (Lipinski definition) is 5. The molecule has 0 aromatic heterocycles. The van der Waals surface area contributed by atoms with Gasteiger partial charge in [0.2, 0.25) is 0 Å². The first-order valence-corrected chi connectivity index (χ1v) is 11.3. The highest BCUT2D eigenvalue weighted by Gasteiger charge is 2.29. The first-order valence-electron chi connectivity index (χ1n) is 9.91. The Labute approximate surface area is 173 Å². The molecule has 0 bridgehead atoms. The van der Waals surface area contributed by atoms with Gasteiger partial charge in [0.05, 0.1) is 17.0 Å². The van der Waals surface area contributed by atoms with E-state index in [1.807, 2.05) is 19.1 Å². The maximum absolute atomic E-state index is 12.2. The van der Waals surface area contributed by atoms with Gasteiger partial charge >= 0.3 is 0 Å². The summed E-state index contributed by atoms with van der Waals surface area (Å²) in [6.45, 7) is 8.93. The fourth-order valence-corrected chi connectivity index (χ4v) is 4.10. The molecule has 2 aromatic rings. The molecule has 1 aliphatic heterocycles. The van der Waals surface area contributed by atoms with E-state index in [0.717, 1.165) is 23.4 Å². The molecule has 29 heavy (non-hydrogen) atoms. The van der Waals surface area contributed by atoms with Crippen LogP contribution in [0.4, 0.5) is 0 Å². The van der Waals surface area contributed by atoms with Crippen LogP contribution in [0.25, 0.3) is 0 Å². The van der Waals surface area contributed by atoms with Crippen molar-refractivity contribution in [1.82, 2.24) is 0 Å². The predicted octanol–water partition coefficient (Wildman–Crippen LogP) is 4.33. The molecule has 156 valence electrons. The fraction of sp³-hybridized carbons (Fsp3) is 0.435.